The molecule has 1 aromatic carbocycles. The molecule has 26 heavy (non-hydrogen) atoms. The van der Waals surface area contributed by atoms with E-state index in [-0.39, 0.29) is 5.88 Å². The van der Waals surface area contributed by atoms with E-state index in [0.717, 1.165) is 0 Å². The van der Waals surface area contributed by atoms with Gasteiger partial charge in [-0.3, -0.25) is 4.79 Å². The Morgan fingerprint density at radius 3 is 2.08 bits per heavy atom. The Balaban J connectivity index is 3.47. The van der Waals surface area contributed by atoms with Crippen LogP contribution in [0.1, 0.15) is 18.4 Å². The number of carbonyl (C=O) groups is 2. The van der Waals surface area contributed by atoms with Crippen molar-refractivity contribution < 1.29 is 33.3 Å². The molecule has 0 fully saturated rings. The van der Waals surface area contributed by atoms with Crippen molar-refractivity contribution in [1.29, 1.82) is 0 Å². The summed E-state index contributed by atoms with van der Waals surface area (Å²) < 4.78 is 26.1. The van der Waals surface area contributed by atoms with Crippen LogP contribution in [-0.4, -0.2) is 52.4 Å². The summed E-state index contributed by atoms with van der Waals surface area (Å²) in [6.45, 7) is 1.68. The third-order valence-electron chi connectivity index (χ3n) is 3.66. The lowest BCUT2D eigenvalue weighted by Gasteiger charge is -2.25. The highest BCUT2D eigenvalue weighted by Gasteiger charge is 2.28. The zero-order valence-corrected chi connectivity index (χ0v) is 16.2. The predicted octanol–water partition coefficient (Wildman–Crippen LogP) is 2.70. The first-order valence-corrected chi connectivity index (χ1v) is 8.26. The summed E-state index contributed by atoms with van der Waals surface area (Å²) in [6.07, 6.45) is 2.15. The van der Waals surface area contributed by atoms with E-state index in [1.165, 1.54) is 34.5 Å². The molecule has 7 nitrogen and oxygen atoms in total. The molecule has 2 atom stereocenters. The van der Waals surface area contributed by atoms with Crippen LogP contribution in [0.4, 0.5) is 0 Å². The third-order valence-corrected chi connectivity index (χ3v) is 3.88. The van der Waals surface area contributed by atoms with Crippen LogP contribution >= 0.6 is 11.6 Å². The lowest BCUT2D eigenvalue weighted by molar-refractivity contribution is -0.145. The average Bonchev–Trinajstić information content (AvgIpc) is 2.66. The van der Waals surface area contributed by atoms with Crippen molar-refractivity contribution in [3.05, 3.63) is 29.8 Å². The summed E-state index contributed by atoms with van der Waals surface area (Å²) in [4.78, 5) is 23.1. The molecule has 0 aliphatic rings. The van der Waals surface area contributed by atoms with E-state index in [1.54, 1.807) is 25.1 Å². The van der Waals surface area contributed by atoms with Crippen LogP contribution in [0.3, 0.4) is 0 Å². The second-order valence-corrected chi connectivity index (χ2v) is 5.45. The lowest BCUT2D eigenvalue weighted by atomic mass is 9.91. The van der Waals surface area contributed by atoms with Gasteiger partial charge in [0.25, 0.3) is 0 Å². The van der Waals surface area contributed by atoms with Gasteiger partial charge >= 0.3 is 11.9 Å². The third kappa shape index (κ3) is 5.56. The molecule has 0 aromatic heterocycles. The van der Waals surface area contributed by atoms with Crippen LogP contribution in [-0.2, 0) is 19.1 Å². The molecule has 1 aromatic rings. The number of rotatable bonds is 9. The van der Waals surface area contributed by atoms with E-state index in [2.05, 4.69) is 4.74 Å². The van der Waals surface area contributed by atoms with Gasteiger partial charge in [0, 0.05) is 29.7 Å². The van der Waals surface area contributed by atoms with Crippen molar-refractivity contribution in [3.63, 3.8) is 0 Å². The van der Waals surface area contributed by atoms with Crippen molar-refractivity contribution in [1.82, 2.24) is 0 Å². The number of alkyl halides is 1. The Morgan fingerprint density at radius 2 is 1.65 bits per heavy atom. The smallest absolute Gasteiger partial charge is 0.330 e. The minimum absolute atomic E-state index is 0.283. The maximum Gasteiger partial charge on any atom is 0.330 e. The van der Waals surface area contributed by atoms with Crippen LogP contribution < -0.4 is 14.2 Å². The molecule has 0 amide bonds. The van der Waals surface area contributed by atoms with E-state index < -0.39 is 24.0 Å². The van der Waals surface area contributed by atoms with Gasteiger partial charge in [0.2, 0.25) is 0 Å². The molecule has 0 aliphatic heterocycles. The molecule has 0 spiro atoms. The quantitative estimate of drug-likeness (QED) is 0.366. The summed E-state index contributed by atoms with van der Waals surface area (Å²) in [5.74, 6) is -0.529. The fourth-order valence-corrected chi connectivity index (χ4v) is 2.47. The molecule has 0 saturated heterocycles. The first-order chi connectivity index (χ1) is 12.4. The van der Waals surface area contributed by atoms with Crippen LogP contribution in [0, 0.1) is 0 Å². The van der Waals surface area contributed by atoms with Crippen molar-refractivity contribution in [2.45, 2.75) is 18.9 Å². The van der Waals surface area contributed by atoms with Gasteiger partial charge in [0.15, 0.2) is 0 Å². The first-order valence-electron chi connectivity index (χ1n) is 7.73. The van der Waals surface area contributed by atoms with Gasteiger partial charge in [-0.2, -0.15) is 0 Å². The average molecular weight is 387 g/mol. The number of carbonyl (C=O) groups excluding carboxylic acids is 2. The monoisotopic (exact) mass is 386 g/mol. The fraction of sp³-hybridized carbons (Fsp3) is 0.444. The largest absolute Gasteiger partial charge is 0.496 e. The maximum absolute atomic E-state index is 11.6. The van der Waals surface area contributed by atoms with Gasteiger partial charge in [-0.15, -0.1) is 11.6 Å². The number of halogens is 1. The molecule has 0 bridgehead atoms. The van der Waals surface area contributed by atoms with Crippen molar-refractivity contribution in [2.75, 3.05) is 34.3 Å². The van der Waals surface area contributed by atoms with E-state index >= 15 is 0 Å². The Morgan fingerprint density at radius 1 is 1.08 bits per heavy atom. The molecule has 0 aliphatic carbocycles. The molecule has 0 radical (unpaired) electrons. The molecule has 0 saturated carbocycles. The topological polar surface area (TPSA) is 80.3 Å². The van der Waals surface area contributed by atoms with Gasteiger partial charge in [0.1, 0.15) is 29.2 Å². The van der Waals surface area contributed by atoms with Crippen LogP contribution in [0.25, 0.3) is 0 Å². The zero-order valence-electron chi connectivity index (χ0n) is 15.4. The molecule has 0 heterocycles. The summed E-state index contributed by atoms with van der Waals surface area (Å²) in [6, 6.07) is 3.35. The maximum atomic E-state index is 11.6. The Kier molecular flexibility index (Phi) is 8.78. The van der Waals surface area contributed by atoms with Gasteiger partial charge in [0.05, 0.1) is 28.4 Å². The molecule has 144 valence electrons. The number of methoxy groups -OCH3 is 4. The number of esters is 2. The van der Waals surface area contributed by atoms with E-state index in [0.29, 0.717) is 22.8 Å². The predicted molar refractivity (Wildman–Crippen MR) is 96.3 cm³/mol. The second-order valence-electron chi connectivity index (χ2n) is 5.18. The first kappa shape index (κ1) is 21.6. The minimum Gasteiger partial charge on any atom is -0.496 e. The number of benzene rings is 1. The number of hydrogen-bond donors (Lipinski definition) is 0. The minimum atomic E-state index is -0.654. The highest BCUT2D eigenvalue weighted by atomic mass is 35.5. The Labute approximate surface area is 157 Å². The summed E-state index contributed by atoms with van der Waals surface area (Å²) in [5, 5.41) is 0. The fourth-order valence-electron chi connectivity index (χ4n) is 2.41. The van der Waals surface area contributed by atoms with Gasteiger partial charge in [-0.25, -0.2) is 4.79 Å². The standard InChI is InChI=1S/C18H23ClO7/c1-11(26-17(21)10-19)13(6-7-16(20)25-5)18-14(23-3)8-12(22-2)9-15(18)24-4/h6-9,11,13H,10H2,1-5H3/b7-6+/t11-,13+/m0/s1. The molecule has 8 heteroatoms. The number of hydrogen-bond acceptors (Lipinski definition) is 7. The molecule has 1 rings (SSSR count). The summed E-state index contributed by atoms with van der Waals surface area (Å²) >= 11 is 5.52. The summed E-state index contributed by atoms with van der Waals surface area (Å²) in [7, 11) is 5.78. The van der Waals surface area contributed by atoms with Crippen LogP contribution in [0.5, 0.6) is 17.2 Å². The van der Waals surface area contributed by atoms with E-state index in [1.807, 2.05) is 0 Å². The van der Waals surface area contributed by atoms with Crippen LogP contribution in [0.2, 0.25) is 0 Å². The number of ether oxygens (including phenoxy) is 5. The molecule has 0 unspecified atom stereocenters. The highest BCUT2D eigenvalue weighted by Crippen LogP contribution is 2.41. The second kappa shape index (κ2) is 10.6. The normalized spacial score (nSPS) is 13.0. The van der Waals surface area contributed by atoms with Crippen molar-refractivity contribution in [3.8, 4) is 17.2 Å². The van der Waals surface area contributed by atoms with Crippen molar-refractivity contribution >= 4 is 23.5 Å². The highest BCUT2D eigenvalue weighted by molar-refractivity contribution is 6.26. The Hall–Kier alpha value is -2.41. The van der Waals surface area contributed by atoms with Crippen LogP contribution in [0.15, 0.2) is 24.3 Å². The van der Waals surface area contributed by atoms with E-state index in [9.17, 15) is 9.59 Å². The SMILES string of the molecule is COC(=O)/C=C/[C@@H](c1c(OC)cc(OC)cc1OC)[C@H](C)OC(=O)CCl. The summed E-state index contributed by atoms with van der Waals surface area (Å²) in [5.41, 5.74) is 0.589. The molecular formula is C18H23ClO7. The van der Waals surface area contributed by atoms with Gasteiger partial charge in [-0.1, -0.05) is 6.08 Å². The van der Waals surface area contributed by atoms with Gasteiger partial charge < -0.3 is 23.7 Å². The molecule has 0 N–H and O–H groups in total. The zero-order chi connectivity index (χ0) is 19.7. The lowest BCUT2D eigenvalue weighted by Crippen LogP contribution is -2.23. The molecular weight excluding hydrogens is 364 g/mol. The van der Waals surface area contributed by atoms with Gasteiger partial charge in [-0.05, 0) is 6.92 Å². The van der Waals surface area contributed by atoms with Crippen molar-refractivity contribution in [2.24, 2.45) is 0 Å². The van der Waals surface area contributed by atoms with E-state index in [4.69, 9.17) is 30.5 Å². The Bertz CT molecular complexity index is 632.